The van der Waals surface area contributed by atoms with Gasteiger partial charge in [-0.1, -0.05) is 24.2 Å². The van der Waals surface area contributed by atoms with E-state index in [9.17, 15) is 4.79 Å². The Morgan fingerprint density at radius 2 is 1.94 bits per heavy atom. The number of hydrogen-bond donors (Lipinski definition) is 1. The van der Waals surface area contributed by atoms with Crippen LogP contribution >= 0.6 is 0 Å². The second-order valence-electron chi connectivity index (χ2n) is 11.0. The third-order valence-corrected chi connectivity index (χ3v) is 9.57. The zero-order chi connectivity index (χ0) is 21.8. The molecule has 1 N–H and O–H groups in total. The minimum absolute atomic E-state index is 0.0341. The standard InChI is InChI=1S/C24H36FN3O3/c1-23-8-6-17-15(16(23)4-5-22(23)29)10-20(27-30-3)18-11-21(19(25)12-24(17,18)2)28-31-14-7-9-26-13-14/h14-19,26H,4-13H2,1-3H3/b27-20+,28-21+/t14-,15+,16+,17+,18?,19-,23+,24-/m1/s1. The second-order valence-corrected chi connectivity index (χ2v) is 11.0. The van der Waals surface area contributed by atoms with E-state index in [4.69, 9.17) is 9.68 Å². The number of carbonyl (C=O) groups excluding carboxylic acids is 1. The van der Waals surface area contributed by atoms with Gasteiger partial charge in [0.25, 0.3) is 0 Å². The highest BCUT2D eigenvalue weighted by Gasteiger charge is 2.62. The molecule has 0 aromatic carbocycles. The average molecular weight is 434 g/mol. The van der Waals surface area contributed by atoms with Crippen LogP contribution in [0.25, 0.3) is 0 Å². The van der Waals surface area contributed by atoms with E-state index in [0.717, 1.165) is 50.9 Å². The van der Waals surface area contributed by atoms with Crippen LogP contribution in [0.4, 0.5) is 4.39 Å². The Balaban J connectivity index is 1.44. The summed E-state index contributed by atoms with van der Waals surface area (Å²) in [5, 5.41) is 12.0. The molecule has 31 heavy (non-hydrogen) atoms. The highest BCUT2D eigenvalue weighted by Crippen LogP contribution is 2.64. The number of Topliss-reactive ketones (excluding diaryl/α,β-unsaturated/α-hetero) is 1. The van der Waals surface area contributed by atoms with Gasteiger partial charge in [0.1, 0.15) is 25.2 Å². The molecule has 1 aliphatic heterocycles. The summed E-state index contributed by atoms with van der Waals surface area (Å²) in [5.41, 5.74) is 1.15. The summed E-state index contributed by atoms with van der Waals surface area (Å²) in [4.78, 5) is 23.7. The van der Waals surface area contributed by atoms with Gasteiger partial charge in [0, 0.05) is 37.1 Å². The van der Waals surface area contributed by atoms with Gasteiger partial charge >= 0.3 is 0 Å². The Kier molecular flexibility index (Phi) is 5.39. The first-order valence-electron chi connectivity index (χ1n) is 12.1. The van der Waals surface area contributed by atoms with Crippen molar-refractivity contribution in [1.29, 1.82) is 0 Å². The van der Waals surface area contributed by atoms with Crippen LogP contribution in [0, 0.1) is 34.5 Å². The summed E-state index contributed by atoms with van der Waals surface area (Å²) in [6.45, 7) is 6.12. The van der Waals surface area contributed by atoms with Crippen LogP contribution in [-0.4, -0.2) is 49.7 Å². The lowest BCUT2D eigenvalue weighted by molar-refractivity contribution is -0.133. The summed E-state index contributed by atoms with van der Waals surface area (Å²) in [6.07, 6.45) is 5.30. The van der Waals surface area contributed by atoms with Gasteiger partial charge in [-0.05, 0) is 61.8 Å². The van der Waals surface area contributed by atoms with Crippen molar-refractivity contribution in [2.45, 2.75) is 77.5 Å². The molecule has 5 fully saturated rings. The number of halogens is 1. The van der Waals surface area contributed by atoms with Gasteiger partial charge in [-0.15, -0.1) is 0 Å². The van der Waals surface area contributed by atoms with Crippen LogP contribution < -0.4 is 5.32 Å². The van der Waals surface area contributed by atoms with Crippen LogP contribution in [0.15, 0.2) is 10.3 Å². The molecule has 0 aromatic heterocycles. The van der Waals surface area contributed by atoms with E-state index in [1.807, 2.05) is 0 Å². The molecule has 0 aromatic rings. The van der Waals surface area contributed by atoms with Crippen molar-refractivity contribution in [1.82, 2.24) is 5.32 Å². The Morgan fingerprint density at radius 3 is 2.68 bits per heavy atom. The molecule has 5 rings (SSSR count). The summed E-state index contributed by atoms with van der Waals surface area (Å²) < 4.78 is 15.5. The third kappa shape index (κ3) is 3.33. The predicted molar refractivity (Wildman–Crippen MR) is 117 cm³/mol. The highest BCUT2D eigenvalue weighted by atomic mass is 19.1. The van der Waals surface area contributed by atoms with Crippen LogP contribution in [0.3, 0.4) is 0 Å². The summed E-state index contributed by atoms with van der Waals surface area (Å²) in [7, 11) is 1.59. The van der Waals surface area contributed by atoms with E-state index >= 15 is 4.39 Å². The van der Waals surface area contributed by atoms with E-state index < -0.39 is 6.17 Å². The molecule has 7 heteroatoms. The number of fused-ring (bicyclic) bond motifs is 5. The Bertz CT molecular complexity index is 795. The van der Waals surface area contributed by atoms with Gasteiger partial charge in [-0.3, -0.25) is 4.79 Å². The molecule has 4 saturated carbocycles. The average Bonchev–Trinajstić information content (AvgIpc) is 3.35. The topological polar surface area (TPSA) is 72.3 Å². The fourth-order valence-electron chi connectivity index (χ4n) is 7.84. The number of hydrogen-bond acceptors (Lipinski definition) is 6. The first-order chi connectivity index (χ1) is 14.9. The SMILES string of the molecule is CO/N=C1\C[C@@H]2[C@H](CC[C@]3(C)C(=O)CC[C@@H]23)[C@@]2(C)C[C@@H](F)/C(=N/O[C@@H]3CCNC3)CC12. The minimum Gasteiger partial charge on any atom is -0.399 e. The minimum atomic E-state index is -1.09. The first kappa shape index (κ1) is 21.4. The van der Waals surface area contributed by atoms with E-state index in [1.165, 1.54) is 0 Å². The van der Waals surface area contributed by atoms with Crippen LogP contribution in [0.5, 0.6) is 0 Å². The molecule has 1 saturated heterocycles. The molecular formula is C24H36FN3O3. The zero-order valence-electron chi connectivity index (χ0n) is 19.0. The van der Waals surface area contributed by atoms with Gasteiger partial charge in [-0.2, -0.15) is 0 Å². The fraction of sp³-hybridized carbons (Fsp3) is 0.875. The first-order valence-corrected chi connectivity index (χ1v) is 12.1. The van der Waals surface area contributed by atoms with Crippen molar-refractivity contribution in [3.05, 3.63) is 0 Å². The van der Waals surface area contributed by atoms with Gasteiger partial charge in [0.05, 0.1) is 11.4 Å². The number of ketones is 1. The Labute approximate surface area is 184 Å². The fourth-order valence-corrected chi connectivity index (χ4v) is 7.84. The van der Waals surface area contributed by atoms with E-state index in [2.05, 4.69) is 29.5 Å². The number of rotatable bonds is 3. The number of nitrogens with zero attached hydrogens (tertiary/aromatic N) is 2. The molecule has 5 aliphatic rings. The number of oxime groups is 2. The lowest BCUT2D eigenvalue weighted by atomic mass is 9.44. The maximum Gasteiger partial charge on any atom is 0.142 e. The second kappa shape index (κ2) is 7.82. The molecule has 6 nitrogen and oxygen atoms in total. The highest BCUT2D eigenvalue weighted by molar-refractivity contribution is 5.98. The van der Waals surface area contributed by atoms with Gasteiger partial charge in [0.15, 0.2) is 0 Å². The van der Waals surface area contributed by atoms with E-state index in [-0.39, 0.29) is 22.9 Å². The normalized spacial score (nSPS) is 49.6. The molecular weight excluding hydrogens is 397 g/mol. The molecule has 0 radical (unpaired) electrons. The molecule has 0 spiro atoms. The van der Waals surface area contributed by atoms with Crippen LogP contribution in [0.2, 0.25) is 0 Å². The largest absolute Gasteiger partial charge is 0.399 e. The van der Waals surface area contributed by atoms with E-state index in [1.54, 1.807) is 7.11 Å². The van der Waals surface area contributed by atoms with Crippen molar-refractivity contribution in [3.8, 4) is 0 Å². The Hall–Kier alpha value is -1.50. The van der Waals surface area contributed by atoms with Crippen molar-refractivity contribution >= 4 is 17.2 Å². The predicted octanol–water partition coefficient (Wildman–Crippen LogP) is 3.89. The molecule has 8 atom stereocenters. The monoisotopic (exact) mass is 433 g/mol. The number of carbonyl (C=O) groups is 1. The quantitative estimate of drug-likeness (QED) is 0.686. The zero-order valence-corrected chi connectivity index (χ0v) is 19.0. The summed E-state index contributed by atoms with van der Waals surface area (Å²) in [5.74, 6) is 1.72. The van der Waals surface area contributed by atoms with Crippen molar-refractivity contribution in [2.75, 3.05) is 20.2 Å². The summed E-state index contributed by atoms with van der Waals surface area (Å²) >= 11 is 0. The number of alkyl halides is 1. The van der Waals surface area contributed by atoms with Crippen LogP contribution in [0.1, 0.15) is 65.2 Å². The Morgan fingerprint density at radius 1 is 1.10 bits per heavy atom. The lowest BCUT2D eigenvalue weighted by Crippen LogP contribution is -2.58. The molecule has 0 bridgehead atoms. The maximum atomic E-state index is 15.5. The van der Waals surface area contributed by atoms with Crippen molar-refractivity contribution in [2.24, 2.45) is 44.8 Å². The third-order valence-electron chi connectivity index (χ3n) is 9.57. The van der Waals surface area contributed by atoms with Crippen LogP contribution in [-0.2, 0) is 14.5 Å². The maximum absolute atomic E-state index is 15.5. The summed E-state index contributed by atoms with van der Waals surface area (Å²) in [6, 6.07) is 0. The molecule has 0 amide bonds. The smallest absolute Gasteiger partial charge is 0.142 e. The molecule has 1 heterocycles. The van der Waals surface area contributed by atoms with E-state index in [0.29, 0.717) is 48.5 Å². The molecule has 4 aliphatic carbocycles. The lowest BCUT2D eigenvalue weighted by Gasteiger charge is -2.59. The van der Waals surface area contributed by atoms with Gasteiger partial charge in [-0.25, -0.2) is 4.39 Å². The molecule has 172 valence electrons. The van der Waals surface area contributed by atoms with Crippen molar-refractivity contribution < 1.29 is 18.9 Å². The van der Waals surface area contributed by atoms with Gasteiger partial charge < -0.3 is 15.0 Å². The molecule has 1 unspecified atom stereocenters. The van der Waals surface area contributed by atoms with Gasteiger partial charge in [0.2, 0.25) is 0 Å². The van der Waals surface area contributed by atoms with Crippen molar-refractivity contribution in [3.63, 3.8) is 0 Å². The number of nitrogens with one attached hydrogen (secondary N) is 1.